The fraction of sp³-hybridized carbons (Fsp3) is 0.211. The maximum Gasteiger partial charge on any atom is 0.251 e. The van der Waals surface area contributed by atoms with E-state index in [0.29, 0.717) is 16.9 Å². The van der Waals surface area contributed by atoms with Crippen molar-refractivity contribution in [3.8, 4) is 0 Å². The summed E-state index contributed by atoms with van der Waals surface area (Å²) in [6.45, 7) is 3.74. The van der Waals surface area contributed by atoms with E-state index in [2.05, 4.69) is 16.0 Å². The molecule has 0 atom stereocenters. The lowest BCUT2D eigenvalue weighted by Crippen LogP contribution is -2.30. The van der Waals surface area contributed by atoms with Gasteiger partial charge in [0, 0.05) is 17.3 Å². The zero-order valence-corrected chi connectivity index (χ0v) is 14.7. The van der Waals surface area contributed by atoms with Crippen LogP contribution in [0.15, 0.2) is 48.5 Å². The third-order valence-electron chi connectivity index (χ3n) is 3.46. The Kier molecular flexibility index (Phi) is 6.32. The van der Waals surface area contributed by atoms with E-state index < -0.39 is 5.91 Å². The molecule has 0 bridgehead atoms. The van der Waals surface area contributed by atoms with Crippen molar-refractivity contribution >= 4 is 29.1 Å². The summed E-state index contributed by atoms with van der Waals surface area (Å²) in [6.07, 6.45) is 0. The molecule has 0 aromatic heterocycles. The van der Waals surface area contributed by atoms with Gasteiger partial charge in [0.15, 0.2) is 0 Å². The van der Waals surface area contributed by atoms with Crippen LogP contribution in [0.4, 0.5) is 11.4 Å². The maximum absolute atomic E-state index is 12.1. The molecule has 3 amide bonds. The summed E-state index contributed by atoms with van der Waals surface area (Å²) in [4.78, 5) is 35.5. The molecule has 2 rings (SSSR count). The predicted molar refractivity (Wildman–Crippen MR) is 101 cm³/mol. The highest BCUT2D eigenvalue weighted by Crippen LogP contribution is 2.14. The van der Waals surface area contributed by atoms with Gasteiger partial charge in [-0.2, -0.15) is 0 Å². The molecule has 0 aliphatic heterocycles. The van der Waals surface area contributed by atoms with Crippen molar-refractivity contribution in [1.29, 1.82) is 0 Å². The van der Waals surface area contributed by atoms with Crippen molar-refractivity contribution in [2.45, 2.75) is 19.9 Å². The largest absolute Gasteiger partial charge is 0.376 e. The molecular weight excluding hydrogens is 332 g/mol. The zero-order valence-electron chi connectivity index (χ0n) is 14.7. The molecule has 0 unspecified atom stereocenters. The highest BCUT2D eigenvalue weighted by atomic mass is 16.2. The van der Waals surface area contributed by atoms with Crippen LogP contribution < -0.4 is 21.7 Å². The fourth-order valence-corrected chi connectivity index (χ4v) is 2.30. The van der Waals surface area contributed by atoms with Gasteiger partial charge in [0.25, 0.3) is 11.8 Å². The lowest BCUT2D eigenvalue weighted by Gasteiger charge is -2.12. The summed E-state index contributed by atoms with van der Waals surface area (Å²) in [5.41, 5.74) is 7.03. The van der Waals surface area contributed by atoms with Crippen LogP contribution in [-0.2, 0) is 4.79 Å². The van der Waals surface area contributed by atoms with Gasteiger partial charge >= 0.3 is 0 Å². The van der Waals surface area contributed by atoms with Crippen LogP contribution >= 0.6 is 0 Å². The number of primary amides is 1. The summed E-state index contributed by atoms with van der Waals surface area (Å²) >= 11 is 0. The van der Waals surface area contributed by atoms with E-state index in [0.717, 1.165) is 0 Å². The number of nitrogens with two attached hydrogens (primary N) is 1. The molecule has 0 fully saturated rings. The van der Waals surface area contributed by atoms with Gasteiger partial charge in [0.1, 0.15) is 0 Å². The average molecular weight is 354 g/mol. The van der Waals surface area contributed by atoms with Crippen LogP contribution in [-0.4, -0.2) is 30.3 Å². The first-order chi connectivity index (χ1) is 12.4. The second-order valence-electron chi connectivity index (χ2n) is 6.02. The van der Waals surface area contributed by atoms with E-state index in [1.165, 1.54) is 0 Å². The van der Waals surface area contributed by atoms with E-state index in [4.69, 9.17) is 5.73 Å². The van der Waals surface area contributed by atoms with E-state index in [1.807, 2.05) is 13.8 Å². The molecule has 2 aromatic rings. The molecule has 0 spiro atoms. The van der Waals surface area contributed by atoms with Gasteiger partial charge in [-0.25, -0.2) is 0 Å². The third-order valence-corrected chi connectivity index (χ3v) is 3.46. The van der Waals surface area contributed by atoms with E-state index in [-0.39, 0.29) is 30.0 Å². The molecule has 7 heteroatoms. The number of nitrogens with one attached hydrogen (secondary N) is 3. The molecule has 7 nitrogen and oxygen atoms in total. The minimum Gasteiger partial charge on any atom is -0.376 e. The van der Waals surface area contributed by atoms with Gasteiger partial charge in [-0.15, -0.1) is 0 Å². The number of amides is 3. The number of para-hydroxylation sites is 1. The second kappa shape index (κ2) is 8.66. The van der Waals surface area contributed by atoms with Gasteiger partial charge in [-0.3, -0.25) is 14.4 Å². The minimum absolute atomic E-state index is 0.0254. The number of rotatable bonds is 7. The topological polar surface area (TPSA) is 113 Å². The average Bonchev–Trinajstić information content (AvgIpc) is 2.60. The van der Waals surface area contributed by atoms with Crippen LogP contribution in [0.2, 0.25) is 0 Å². The highest BCUT2D eigenvalue weighted by Gasteiger charge is 2.11. The Morgan fingerprint density at radius 1 is 1.04 bits per heavy atom. The molecule has 0 saturated carbocycles. The van der Waals surface area contributed by atoms with Crippen molar-refractivity contribution in [2.24, 2.45) is 5.73 Å². The molecule has 2 aromatic carbocycles. The highest BCUT2D eigenvalue weighted by molar-refractivity contribution is 6.03. The molecule has 0 saturated heterocycles. The van der Waals surface area contributed by atoms with Crippen LogP contribution in [0.3, 0.4) is 0 Å². The Hall–Kier alpha value is -3.35. The minimum atomic E-state index is -0.613. The van der Waals surface area contributed by atoms with Gasteiger partial charge in [-0.05, 0) is 44.2 Å². The van der Waals surface area contributed by atoms with E-state index in [9.17, 15) is 14.4 Å². The van der Waals surface area contributed by atoms with Crippen molar-refractivity contribution in [3.05, 3.63) is 59.7 Å². The fourth-order valence-electron chi connectivity index (χ4n) is 2.30. The van der Waals surface area contributed by atoms with Crippen LogP contribution in [0, 0.1) is 0 Å². The SMILES string of the molecule is CC(C)NC(=O)c1cccc(NCC(=O)Nc2ccccc2C(N)=O)c1. The summed E-state index contributed by atoms with van der Waals surface area (Å²) in [5, 5.41) is 8.41. The normalized spacial score (nSPS) is 10.3. The Morgan fingerprint density at radius 3 is 2.46 bits per heavy atom. The van der Waals surface area contributed by atoms with Crippen LogP contribution in [0.25, 0.3) is 0 Å². The molecular formula is C19H22N4O3. The first-order valence-corrected chi connectivity index (χ1v) is 8.20. The third kappa shape index (κ3) is 5.34. The molecule has 0 aliphatic rings. The summed E-state index contributed by atoms with van der Waals surface area (Å²) in [7, 11) is 0. The lowest BCUT2D eigenvalue weighted by molar-refractivity contribution is -0.114. The van der Waals surface area contributed by atoms with Crippen molar-refractivity contribution in [3.63, 3.8) is 0 Å². The van der Waals surface area contributed by atoms with Crippen molar-refractivity contribution in [1.82, 2.24) is 5.32 Å². The number of carbonyl (C=O) groups excluding carboxylic acids is 3. The van der Waals surface area contributed by atoms with Gasteiger partial charge in [0.05, 0.1) is 17.8 Å². The molecule has 0 radical (unpaired) electrons. The monoisotopic (exact) mass is 354 g/mol. The molecule has 5 N–H and O–H groups in total. The predicted octanol–water partition coefficient (Wildman–Crippen LogP) is 1.97. The number of hydrogen-bond acceptors (Lipinski definition) is 4. The molecule has 0 heterocycles. The van der Waals surface area contributed by atoms with Gasteiger partial charge < -0.3 is 21.7 Å². The zero-order chi connectivity index (χ0) is 19.1. The standard InChI is InChI=1S/C19H22N4O3/c1-12(2)22-19(26)13-6-5-7-14(10-13)21-11-17(24)23-16-9-4-3-8-15(16)18(20)25/h3-10,12,21H,11H2,1-2H3,(H2,20,25)(H,22,26)(H,23,24). The van der Waals surface area contributed by atoms with E-state index in [1.54, 1.807) is 48.5 Å². The van der Waals surface area contributed by atoms with Crippen LogP contribution in [0.1, 0.15) is 34.6 Å². The van der Waals surface area contributed by atoms with Crippen molar-refractivity contribution in [2.75, 3.05) is 17.2 Å². The molecule has 26 heavy (non-hydrogen) atoms. The molecule has 136 valence electrons. The number of carbonyl (C=O) groups is 3. The number of hydrogen-bond donors (Lipinski definition) is 4. The first-order valence-electron chi connectivity index (χ1n) is 8.20. The Balaban J connectivity index is 1.98. The summed E-state index contributed by atoms with van der Waals surface area (Å²) < 4.78 is 0. The summed E-state index contributed by atoms with van der Waals surface area (Å²) in [5.74, 6) is -1.13. The first kappa shape index (κ1) is 19.0. The van der Waals surface area contributed by atoms with E-state index >= 15 is 0 Å². The smallest absolute Gasteiger partial charge is 0.251 e. The van der Waals surface area contributed by atoms with Gasteiger partial charge in [-0.1, -0.05) is 18.2 Å². The maximum atomic E-state index is 12.1. The van der Waals surface area contributed by atoms with Crippen molar-refractivity contribution < 1.29 is 14.4 Å². The number of benzene rings is 2. The quantitative estimate of drug-likeness (QED) is 0.609. The summed E-state index contributed by atoms with van der Waals surface area (Å²) in [6, 6.07) is 13.4. The Labute approximate surface area is 152 Å². The number of anilines is 2. The second-order valence-corrected chi connectivity index (χ2v) is 6.02. The lowest BCUT2D eigenvalue weighted by atomic mass is 10.1. The van der Waals surface area contributed by atoms with Gasteiger partial charge in [0.2, 0.25) is 5.91 Å². The Bertz CT molecular complexity index is 818. The van der Waals surface area contributed by atoms with Crippen LogP contribution in [0.5, 0.6) is 0 Å². The molecule has 0 aliphatic carbocycles. The Morgan fingerprint density at radius 2 is 1.77 bits per heavy atom.